The third-order valence-corrected chi connectivity index (χ3v) is 5.44. The summed E-state index contributed by atoms with van der Waals surface area (Å²) in [6.45, 7) is 3.80. The summed E-state index contributed by atoms with van der Waals surface area (Å²) in [6.07, 6.45) is 2.25. The molecule has 0 radical (unpaired) electrons. The number of benzene rings is 3. The molecule has 4 aromatic rings. The quantitative estimate of drug-likeness (QED) is 0.425. The van der Waals surface area contributed by atoms with Crippen LogP contribution in [0.1, 0.15) is 29.7 Å². The average Bonchev–Trinajstić information content (AvgIpc) is 3.06. The Balaban J connectivity index is 1.59. The summed E-state index contributed by atoms with van der Waals surface area (Å²) in [4.78, 5) is 0. The molecule has 136 valence electrons. The van der Waals surface area contributed by atoms with Gasteiger partial charge in [-0.15, -0.1) is 0 Å². The predicted molar refractivity (Wildman–Crippen MR) is 114 cm³/mol. The first-order valence-electron chi connectivity index (χ1n) is 9.31. The normalized spacial score (nSPS) is 12.4. The lowest BCUT2D eigenvalue weighted by Crippen LogP contribution is -2.17. The van der Waals surface area contributed by atoms with E-state index >= 15 is 0 Å². The highest BCUT2D eigenvalue weighted by molar-refractivity contribution is 6.31. The van der Waals surface area contributed by atoms with Gasteiger partial charge in [-0.2, -0.15) is 0 Å². The van der Waals surface area contributed by atoms with Gasteiger partial charge in [0.05, 0.1) is 0 Å². The summed E-state index contributed by atoms with van der Waals surface area (Å²) in [5.41, 5.74) is 4.98. The van der Waals surface area contributed by atoms with Crippen molar-refractivity contribution in [3.05, 3.63) is 107 Å². The van der Waals surface area contributed by atoms with Crippen LogP contribution in [0.25, 0.3) is 10.9 Å². The maximum Gasteiger partial charge on any atom is 0.0491 e. The van der Waals surface area contributed by atoms with Gasteiger partial charge in [0.1, 0.15) is 0 Å². The average molecular weight is 375 g/mol. The van der Waals surface area contributed by atoms with Crippen LogP contribution in [0.5, 0.6) is 0 Å². The first-order chi connectivity index (χ1) is 13.2. The SMILES string of the molecule is C[C@H](NCc1cn(Cc2ccccc2Cl)c2ccccc12)c1ccccc1. The van der Waals surface area contributed by atoms with Crippen molar-refractivity contribution >= 4 is 22.5 Å². The van der Waals surface area contributed by atoms with E-state index in [0.29, 0.717) is 6.04 Å². The van der Waals surface area contributed by atoms with Crippen molar-refractivity contribution in [3.8, 4) is 0 Å². The number of halogens is 1. The van der Waals surface area contributed by atoms with Crippen LogP contribution in [0.2, 0.25) is 5.02 Å². The van der Waals surface area contributed by atoms with Gasteiger partial charge in [-0.25, -0.2) is 0 Å². The minimum Gasteiger partial charge on any atom is -0.343 e. The fourth-order valence-corrected chi connectivity index (χ4v) is 3.72. The number of nitrogens with zero attached hydrogens (tertiary/aromatic N) is 1. The third kappa shape index (κ3) is 3.92. The lowest BCUT2D eigenvalue weighted by atomic mass is 10.1. The van der Waals surface area contributed by atoms with Gasteiger partial charge in [0.25, 0.3) is 0 Å². The zero-order valence-corrected chi connectivity index (χ0v) is 16.2. The van der Waals surface area contributed by atoms with Crippen LogP contribution in [-0.4, -0.2) is 4.57 Å². The van der Waals surface area contributed by atoms with Gasteiger partial charge >= 0.3 is 0 Å². The molecule has 0 aliphatic heterocycles. The molecule has 0 fully saturated rings. The maximum atomic E-state index is 6.38. The van der Waals surface area contributed by atoms with Crippen LogP contribution < -0.4 is 5.32 Å². The second kappa shape index (κ2) is 7.99. The van der Waals surface area contributed by atoms with Crippen molar-refractivity contribution < 1.29 is 0 Å². The summed E-state index contributed by atoms with van der Waals surface area (Å²) in [7, 11) is 0. The molecule has 1 N–H and O–H groups in total. The van der Waals surface area contributed by atoms with Crippen molar-refractivity contribution in [2.45, 2.75) is 26.1 Å². The summed E-state index contributed by atoms with van der Waals surface area (Å²) < 4.78 is 2.29. The minimum atomic E-state index is 0.303. The number of para-hydroxylation sites is 1. The van der Waals surface area contributed by atoms with Crippen molar-refractivity contribution in [2.24, 2.45) is 0 Å². The standard InChI is InChI=1S/C24H23ClN2/c1-18(19-9-3-2-4-10-19)26-15-21-17-27(24-14-8-6-12-22(21)24)16-20-11-5-7-13-23(20)25/h2-14,17-18,26H,15-16H2,1H3/t18-/m0/s1. The van der Waals surface area contributed by atoms with E-state index in [-0.39, 0.29) is 0 Å². The van der Waals surface area contributed by atoms with Crippen LogP contribution in [-0.2, 0) is 13.1 Å². The Bertz CT molecular complexity index is 1040. The second-order valence-corrected chi connectivity index (χ2v) is 7.31. The van der Waals surface area contributed by atoms with Crippen LogP contribution in [0.15, 0.2) is 85.1 Å². The minimum absolute atomic E-state index is 0.303. The van der Waals surface area contributed by atoms with Crippen molar-refractivity contribution in [1.29, 1.82) is 0 Å². The molecule has 0 spiro atoms. The number of hydrogen-bond donors (Lipinski definition) is 1. The van der Waals surface area contributed by atoms with Gasteiger partial charge < -0.3 is 9.88 Å². The Morgan fingerprint density at radius 2 is 1.56 bits per heavy atom. The molecule has 1 aromatic heterocycles. The molecule has 1 atom stereocenters. The van der Waals surface area contributed by atoms with Crippen LogP contribution >= 0.6 is 11.6 Å². The lowest BCUT2D eigenvalue weighted by molar-refractivity contribution is 0.575. The topological polar surface area (TPSA) is 17.0 Å². The molecule has 0 saturated heterocycles. The predicted octanol–water partition coefficient (Wildman–Crippen LogP) is 6.19. The zero-order chi connectivity index (χ0) is 18.6. The van der Waals surface area contributed by atoms with E-state index in [9.17, 15) is 0 Å². The third-order valence-electron chi connectivity index (χ3n) is 5.07. The molecule has 0 aliphatic rings. The molecular formula is C24H23ClN2. The fourth-order valence-electron chi connectivity index (χ4n) is 3.53. The summed E-state index contributed by atoms with van der Waals surface area (Å²) in [6, 6.07) is 27.5. The number of hydrogen-bond acceptors (Lipinski definition) is 1. The highest BCUT2D eigenvalue weighted by Gasteiger charge is 2.11. The van der Waals surface area contributed by atoms with Gasteiger partial charge in [-0.05, 0) is 35.7 Å². The Morgan fingerprint density at radius 3 is 2.37 bits per heavy atom. The molecule has 0 unspecified atom stereocenters. The first-order valence-corrected chi connectivity index (χ1v) is 9.68. The molecule has 0 saturated carbocycles. The first kappa shape index (κ1) is 17.8. The van der Waals surface area contributed by atoms with Crippen LogP contribution in [0.4, 0.5) is 0 Å². The van der Waals surface area contributed by atoms with E-state index in [4.69, 9.17) is 11.6 Å². The van der Waals surface area contributed by atoms with E-state index < -0.39 is 0 Å². The molecule has 0 aliphatic carbocycles. The van der Waals surface area contributed by atoms with E-state index in [1.807, 2.05) is 18.2 Å². The Hall–Kier alpha value is -2.55. The number of rotatable bonds is 6. The Kier molecular flexibility index (Phi) is 5.28. The van der Waals surface area contributed by atoms with Crippen LogP contribution in [0, 0.1) is 0 Å². The number of fused-ring (bicyclic) bond motifs is 1. The van der Waals surface area contributed by atoms with Crippen molar-refractivity contribution in [2.75, 3.05) is 0 Å². The highest BCUT2D eigenvalue weighted by atomic mass is 35.5. The molecule has 2 nitrogen and oxygen atoms in total. The Morgan fingerprint density at radius 1 is 0.852 bits per heavy atom. The van der Waals surface area contributed by atoms with E-state index in [0.717, 1.165) is 23.7 Å². The van der Waals surface area contributed by atoms with Crippen LogP contribution in [0.3, 0.4) is 0 Å². The highest BCUT2D eigenvalue weighted by Crippen LogP contribution is 2.25. The summed E-state index contributed by atoms with van der Waals surface area (Å²) in [5, 5.41) is 5.76. The van der Waals surface area contributed by atoms with Gasteiger partial charge in [0.2, 0.25) is 0 Å². The summed E-state index contributed by atoms with van der Waals surface area (Å²) in [5.74, 6) is 0. The van der Waals surface area contributed by atoms with E-state index in [2.05, 4.69) is 83.7 Å². The monoisotopic (exact) mass is 374 g/mol. The molecule has 1 heterocycles. The lowest BCUT2D eigenvalue weighted by Gasteiger charge is -2.13. The number of aromatic nitrogens is 1. The molecule has 27 heavy (non-hydrogen) atoms. The van der Waals surface area contributed by atoms with Crippen molar-refractivity contribution in [1.82, 2.24) is 9.88 Å². The Labute approximate surface area is 165 Å². The van der Waals surface area contributed by atoms with Gasteiger partial charge in [-0.1, -0.05) is 78.3 Å². The zero-order valence-electron chi connectivity index (χ0n) is 15.4. The second-order valence-electron chi connectivity index (χ2n) is 6.90. The molecule has 3 heteroatoms. The number of nitrogens with one attached hydrogen (secondary N) is 1. The van der Waals surface area contributed by atoms with E-state index in [1.165, 1.54) is 22.0 Å². The van der Waals surface area contributed by atoms with E-state index in [1.54, 1.807) is 0 Å². The largest absolute Gasteiger partial charge is 0.343 e. The van der Waals surface area contributed by atoms with Crippen molar-refractivity contribution in [3.63, 3.8) is 0 Å². The molecular weight excluding hydrogens is 352 g/mol. The fraction of sp³-hybridized carbons (Fsp3) is 0.167. The summed E-state index contributed by atoms with van der Waals surface area (Å²) >= 11 is 6.38. The van der Waals surface area contributed by atoms with Gasteiger partial charge in [0.15, 0.2) is 0 Å². The molecule has 0 amide bonds. The molecule has 3 aromatic carbocycles. The molecule has 4 rings (SSSR count). The van der Waals surface area contributed by atoms with Gasteiger partial charge in [0, 0.05) is 41.3 Å². The smallest absolute Gasteiger partial charge is 0.0491 e. The molecule has 0 bridgehead atoms. The maximum absolute atomic E-state index is 6.38. The van der Waals surface area contributed by atoms with Gasteiger partial charge in [-0.3, -0.25) is 0 Å².